The molecule has 0 saturated heterocycles. The van der Waals surface area contributed by atoms with Crippen LogP contribution in [0.1, 0.15) is 42.9 Å². The van der Waals surface area contributed by atoms with Crippen LogP contribution in [-0.4, -0.2) is 12.2 Å². The van der Waals surface area contributed by atoms with E-state index in [1.165, 1.54) is 19.3 Å². The summed E-state index contributed by atoms with van der Waals surface area (Å²) in [5.74, 6) is 1.59. The zero-order chi connectivity index (χ0) is 11.5. The highest BCUT2D eigenvalue weighted by molar-refractivity contribution is 5.36. The minimum atomic E-state index is -0.309. The van der Waals surface area contributed by atoms with Crippen molar-refractivity contribution in [3.05, 3.63) is 29.3 Å². The Kier molecular flexibility index (Phi) is 3.49. The van der Waals surface area contributed by atoms with Crippen LogP contribution < -0.4 is 4.74 Å². The summed E-state index contributed by atoms with van der Waals surface area (Å²) in [4.78, 5) is 0. The highest BCUT2D eigenvalue weighted by Crippen LogP contribution is 2.35. The number of benzene rings is 1. The van der Waals surface area contributed by atoms with Crippen LogP contribution in [0.4, 0.5) is 0 Å². The van der Waals surface area contributed by atoms with Crippen LogP contribution in [0.2, 0.25) is 0 Å². The first kappa shape index (κ1) is 11.5. The summed E-state index contributed by atoms with van der Waals surface area (Å²) in [6, 6.07) is 5.89. The topological polar surface area (TPSA) is 29.5 Å². The van der Waals surface area contributed by atoms with Crippen LogP contribution in [-0.2, 0) is 0 Å². The molecule has 0 radical (unpaired) electrons. The molecule has 1 fully saturated rings. The van der Waals surface area contributed by atoms with E-state index >= 15 is 0 Å². The van der Waals surface area contributed by atoms with E-state index < -0.39 is 0 Å². The number of ether oxygens (including phenoxy) is 1. The number of aliphatic hydroxyl groups excluding tert-OH is 1. The van der Waals surface area contributed by atoms with Gasteiger partial charge < -0.3 is 9.84 Å². The van der Waals surface area contributed by atoms with Crippen molar-refractivity contribution in [1.29, 1.82) is 0 Å². The lowest BCUT2D eigenvalue weighted by molar-refractivity contribution is 0.118. The zero-order valence-corrected chi connectivity index (χ0v) is 10.1. The van der Waals surface area contributed by atoms with Gasteiger partial charge in [0.25, 0.3) is 0 Å². The Labute approximate surface area is 97.3 Å². The van der Waals surface area contributed by atoms with E-state index in [1.807, 2.05) is 25.1 Å². The predicted octanol–water partition coefficient (Wildman–Crippen LogP) is 3.23. The van der Waals surface area contributed by atoms with Gasteiger partial charge in [0.15, 0.2) is 0 Å². The van der Waals surface area contributed by atoms with E-state index in [-0.39, 0.29) is 6.10 Å². The van der Waals surface area contributed by atoms with E-state index in [9.17, 15) is 5.11 Å². The molecule has 1 atom stereocenters. The highest BCUT2D eigenvalue weighted by Gasteiger charge is 2.22. The fourth-order valence-electron chi connectivity index (χ4n) is 2.32. The number of methoxy groups -OCH3 is 1. The van der Waals surface area contributed by atoms with Crippen molar-refractivity contribution in [2.75, 3.05) is 7.11 Å². The van der Waals surface area contributed by atoms with Crippen LogP contribution in [0.5, 0.6) is 5.75 Å². The van der Waals surface area contributed by atoms with Gasteiger partial charge in [-0.3, -0.25) is 0 Å². The Morgan fingerprint density at radius 3 is 2.69 bits per heavy atom. The monoisotopic (exact) mass is 220 g/mol. The molecule has 1 aliphatic rings. The van der Waals surface area contributed by atoms with Crippen molar-refractivity contribution in [3.8, 4) is 5.75 Å². The second-order valence-electron chi connectivity index (χ2n) is 4.77. The standard InChI is InChI=1S/C14H20O2/c1-10-8-12(16-2)6-7-13(10)14(15)9-11-4-3-5-11/h6-8,11,14-15H,3-5,9H2,1-2H3. The number of aliphatic hydroxyl groups is 1. The second-order valence-corrected chi connectivity index (χ2v) is 4.77. The minimum absolute atomic E-state index is 0.309. The fraction of sp³-hybridized carbons (Fsp3) is 0.571. The third kappa shape index (κ3) is 2.38. The van der Waals surface area contributed by atoms with Crippen LogP contribution in [0.15, 0.2) is 18.2 Å². The number of hydrogen-bond acceptors (Lipinski definition) is 2. The summed E-state index contributed by atoms with van der Waals surface area (Å²) < 4.78 is 5.16. The summed E-state index contributed by atoms with van der Waals surface area (Å²) in [5.41, 5.74) is 2.17. The molecule has 1 aliphatic carbocycles. The van der Waals surface area contributed by atoms with Gasteiger partial charge in [-0.2, -0.15) is 0 Å². The van der Waals surface area contributed by atoms with Crippen LogP contribution in [0.3, 0.4) is 0 Å². The maximum atomic E-state index is 10.2. The minimum Gasteiger partial charge on any atom is -0.497 e. The SMILES string of the molecule is COc1ccc(C(O)CC2CCC2)c(C)c1. The molecule has 1 saturated carbocycles. The van der Waals surface area contributed by atoms with Crippen molar-refractivity contribution >= 4 is 0 Å². The molecule has 2 heteroatoms. The largest absolute Gasteiger partial charge is 0.497 e. The van der Waals surface area contributed by atoms with E-state index in [0.29, 0.717) is 0 Å². The van der Waals surface area contributed by atoms with Crippen LogP contribution >= 0.6 is 0 Å². The molecule has 2 nitrogen and oxygen atoms in total. The summed E-state index contributed by atoms with van der Waals surface area (Å²) >= 11 is 0. The van der Waals surface area contributed by atoms with E-state index in [4.69, 9.17) is 4.74 Å². The Morgan fingerprint density at radius 2 is 2.19 bits per heavy atom. The molecular weight excluding hydrogens is 200 g/mol. The van der Waals surface area contributed by atoms with Crippen molar-refractivity contribution in [1.82, 2.24) is 0 Å². The van der Waals surface area contributed by atoms with Gasteiger partial charge >= 0.3 is 0 Å². The van der Waals surface area contributed by atoms with Gasteiger partial charge in [-0.15, -0.1) is 0 Å². The lowest BCUT2D eigenvalue weighted by Crippen LogP contribution is -2.15. The molecule has 16 heavy (non-hydrogen) atoms. The van der Waals surface area contributed by atoms with Gasteiger partial charge in [0.2, 0.25) is 0 Å². The van der Waals surface area contributed by atoms with Crippen molar-refractivity contribution < 1.29 is 9.84 Å². The molecular formula is C14H20O2. The molecule has 2 rings (SSSR count). The average Bonchev–Trinajstić information content (AvgIpc) is 2.23. The van der Waals surface area contributed by atoms with Gasteiger partial charge in [0.05, 0.1) is 13.2 Å². The lowest BCUT2D eigenvalue weighted by atomic mass is 9.80. The van der Waals surface area contributed by atoms with E-state index in [1.54, 1.807) is 7.11 Å². The molecule has 1 N–H and O–H groups in total. The number of hydrogen-bond donors (Lipinski definition) is 1. The third-order valence-corrected chi connectivity index (χ3v) is 3.62. The lowest BCUT2D eigenvalue weighted by Gasteiger charge is -2.28. The Hall–Kier alpha value is -1.02. The molecule has 0 bridgehead atoms. The summed E-state index contributed by atoms with van der Waals surface area (Å²) in [5, 5.41) is 10.2. The molecule has 1 aromatic carbocycles. The first-order valence-electron chi connectivity index (χ1n) is 6.03. The smallest absolute Gasteiger partial charge is 0.119 e. The van der Waals surface area contributed by atoms with Gasteiger partial charge in [-0.25, -0.2) is 0 Å². The maximum absolute atomic E-state index is 10.2. The zero-order valence-electron chi connectivity index (χ0n) is 10.1. The fourth-order valence-corrected chi connectivity index (χ4v) is 2.32. The van der Waals surface area contributed by atoms with Crippen molar-refractivity contribution in [2.45, 2.75) is 38.7 Å². The first-order chi connectivity index (χ1) is 7.70. The Balaban J connectivity index is 2.06. The Morgan fingerprint density at radius 1 is 1.44 bits per heavy atom. The van der Waals surface area contributed by atoms with Crippen molar-refractivity contribution in [3.63, 3.8) is 0 Å². The summed E-state index contributed by atoms with van der Waals surface area (Å²) in [6.45, 7) is 2.03. The average molecular weight is 220 g/mol. The van der Waals surface area contributed by atoms with E-state index in [0.717, 1.165) is 29.2 Å². The normalized spacial score (nSPS) is 17.9. The van der Waals surface area contributed by atoms with Crippen LogP contribution in [0, 0.1) is 12.8 Å². The van der Waals surface area contributed by atoms with Gasteiger partial charge in [0, 0.05) is 0 Å². The van der Waals surface area contributed by atoms with Gasteiger partial charge in [-0.05, 0) is 42.5 Å². The summed E-state index contributed by atoms with van der Waals surface area (Å²) in [7, 11) is 1.67. The number of aryl methyl sites for hydroxylation is 1. The summed E-state index contributed by atoms with van der Waals surface area (Å²) in [6.07, 6.45) is 4.50. The predicted molar refractivity (Wildman–Crippen MR) is 64.6 cm³/mol. The molecule has 88 valence electrons. The van der Waals surface area contributed by atoms with Gasteiger partial charge in [0.1, 0.15) is 5.75 Å². The van der Waals surface area contributed by atoms with Gasteiger partial charge in [-0.1, -0.05) is 25.3 Å². The highest BCUT2D eigenvalue weighted by atomic mass is 16.5. The maximum Gasteiger partial charge on any atom is 0.119 e. The molecule has 1 aromatic rings. The number of rotatable bonds is 4. The molecule has 0 amide bonds. The van der Waals surface area contributed by atoms with Crippen molar-refractivity contribution in [2.24, 2.45) is 5.92 Å². The van der Waals surface area contributed by atoms with E-state index in [2.05, 4.69) is 0 Å². The molecule has 0 heterocycles. The molecule has 0 spiro atoms. The third-order valence-electron chi connectivity index (χ3n) is 3.62. The quantitative estimate of drug-likeness (QED) is 0.844. The van der Waals surface area contributed by atoms with Crippen LogP contribution in [0.25, 0.3) is 0 Å². The molecule has 0 aromatic heterocycles. The first-order valence-corrected chi connectivity index (χ1v) is 6.03. The Bertz CT molecular complexity index is 356. The second kappa shape index (κ2) is 4.88. The molecule has 0 aliphatic heterocycles. The molecule has 1 unspecified atom stereocenters.